The second kappa shape index (κ2) is 14.8. The number of rotatable bonds is 8. The predicted molar refractivity (Wildman–Crippen MR) is 212 cm³/mol. The first kappa shape index (κ1) is 34.8. The standard InChI is InChI=1S/C40H46S6/c1-39(26-11-5-3-6-12-26,31-15-9-10-16-35(31)42)33-21-18-29(24-37(33)44)46-30-19-22-34(38(45)25-30)40(2,27-13-7-4-8-14-27)32-20-17-28(41)23-36(32)43/h9-10,15-27,41-45H,3-8,11-14H2,1-2H3. The van der Waals surface area contributed by atoms with Gasteiger partial charge in [-0.15, -0.1) is 63.1 Å². The Labute approximate surface area is 308 Å². The van der Waals surface area contributed by atoms with E-state index in [4.69, 9.17) is 50.5 Å². The number of hydrogen-bond donors (Lipinski definition) is 5. The van der Waals surface area contributed by atoms with Gasteiger partial charge in [-0.3, -0.25) is 0 Å². The van der Waals surface area contributed by atoms with Crippen LogP contribution in [0.3, 0.4) is 0 Å². The van der Waals surface area contributed by atoms with Crippen LogP contribution >= 0.6 is 74.9 Å². The summed E-state index contributed by atoms with van der Waals surface area (Å²) in [5, 5.41) is 0. The van der Waals surface area contributed by atoms with Crippen molar-refractivity contribution in [2.45, 2.75) is 123 Å². The fourth-order valence-electron chi connectivity index (χ4n) is 8.57. The van der Waals surface area contributed by atoms with Crippen LogP contribution in [0.2, 0.25) is 0 Å². The summed E-state index contributed by atoms with van der Waals surface area (Å²) in [4.78, 5) is 7.49. The normalized spacial score (nSPS) is 19.0. The van der Waals surface area contributed by atoms with Gasteiger partial charge in [0.2, 0.25) is 0 Å². The highest BCUT2D eigenvalue weighted by atomic mass is 32.2. The third-order valence-corrected chi connectivity index (χ3v) is 13.9. The van der Waals surface area contributed by atoms with Crippen molar-refractivity contribution in [1.29, 1.82) is 0 Å². The summed E-state index contributed by atoms with van der Waals surface area (Å²) in [5.41, 5.74) is 4.86. The molecule has 0 amide bonds. The Morgan fingerprint density at radius 1 is 0.478 bits per heavy atom. The third kappa shape index (κ3) is 6.87. The highest BCUT2D eigenvalue weighted by Gasteiger charge is 2.42. The van der Waals surface area contributed by atoms with Gasteiger partial charge in [-0.2, -0.15) is 0 Å². The van der Waals surface area contributed by atoms with E-state index >= 15 is 0 Å². The second-order valence-corrected chi connectivity index (χ2v) is 17.3. The van der Waals surface area contributed by atoms with Crippen LogP contribution in [0.25, 0.3) is 0 Å². The lowest BCUT2D eigenvalue weighted by atomic mass is 9.62. The molecule has 0 heterocycles. The Morgan fingerprint density at radius 2 is 0.891 bits per heavy atom. The van der Waals surface area contributed by atoms with Gasteiger partial charge in [0, 0.05) is 45.1 Å². The summed E-state index contributed by atoms with van der Waals surface area (Å²) in [6.45, 7) is 4.84. The first-order valence-corrected chi connectivity index (χ1v) is 19.8. The van der Waals surface area contributed by atoms with Crippen molar-refractivity contribution in [3.05, 3.63) is 101 Å². The lowest BCUT2D eigenvalue weighted by molar-refractivity contribution is 0.249. The van der Waals surface area contributed by atoms with Crippen LogP contribution in [0.5, 0.6) is 0 Å². The maximum atomic E-state index is 5.16. The Balaban J connectivity index is 1.32. The molecule has 0 aromatic heterocycles. The van der Waals surface area contributed by atoms with Gasteiger partial charge in [0.05, 0.1) is 0 Å². The minimum absolute atomic E-state index is 0.139. The molecule has 0 nitrogen and oxygen atoms in total. The van der Waals surface area contributed by atoms with E-state index in [1.54, 1.807) is 11.8 Å². The maximum Gasteiger partial charge on any atom is 0.0224 e. The van der Waals surface area contributed by atoms with E-state index in [0.717, 1.165) is 24.5 Å². The smallest absolute Gasteiger partial charge is 0.0224 e. The molecule has 2 atom stereocenters. The molecule has 46 heavy (non-hydrogen) atoms. The highest BCUT2D eigenvalue weighted by molar-refractivity contribution is 7.99. The zero-order valence-electron chi connectivity index (χ0n) is 26.9. The molecule has 0 saturated heterocycles. The predicted octanol–water partition coefficient (Wildman–Crippen LogP) is 13.1. The third-order valence-electron chi connectivity index (χ3n) is 11.1. The summed E-state index contributed by atoms with van der Waals surface area (Å²) < 4.78 is 0. The van der Waals surface area contributed by atoms with Gasteiger partial charge in [-0.25, -0.2) is 0 Å². The molecule has 2 fully saturated rings. The van der Waals surface area contributed by atoms with Gasteiger partial charge >= 0.3 is 0 Å². The van der Waals surface area contributed by atoms with Crippen molar-refractivity contribution >= 4 is 74.9 Å². The highest BCUT2D eigenvalue weighted by Crippen LogP contribution is 2.51. The molecule has 2 aliphatic rings. The van der Waals surface area contributed by atoms with Gasteiger partial charge in [-0.1, -0.05) is 101 Å². The average Bonchev–Trinajstić information content (AvgIpc) is 3.05. The van der Waals surface area contributed by atoms with Crippen molar-refractivity contribution in [3.63, 3.8) is 0 Å². The van der Waals surface area contributed by atoms with Crippen LogP contribution in [0.4, 0.5) is 0 Å². The molecule has 4 aromatic carbocycles. The van der Waals surface area contributed by atoms with Gasteiger partial charge in [-0.05, 0) is 102 Å². The zero-order chi connectivity index (χ0) is 32.5. The Bertz CT molecular complexity index is 1690. The number of benzene rings is 4. The molecule has 0 spiro atoms. The first-order valence-electron chi connectivity index (χ1n) is 16.8. The molecular weight excluding hydrogens is 673 g/mol. The molecule has 2 aliphatic carbocycles. The molecule has 0 aliphatic heterocycles. The van der Waals surface area contributed by atoms with Crippen LogP contribution < -0.4 is 0 Å². The molecule has 0 N–H and O–H groups in total. The molecule has 6 rings (SSSR count). The lowest BCUT2D eigenvalue weighted by Gasteiger charge is -2.42. The SMILES string of the molecule is CC(c1ccccc1S)(c1ccc(Sc2ccc(C(C)(c3ccc(S)cc3S)C3CCCCC3)c(S)c2)cc1S)C1CCCCC1. The zero-order valence-corrected chi connectivity index (χ0v) is 32.2. The summed E-state index contributed by atoms with van der Waals surface area (Å²) in [7, 11) is 0. The van der Waals surface area contributed by atoms with Crippen LogP contribution in [0.15, 0.2) is 113 Å². The van der Waals surface area contributed by atoms with Crippen LogP contribution in [0, 0.1) is 11.8 Å². The molecule has 0 bridgehead atoms. The molecule has 242 valence electrons. The van der Waals surface area contributed by atoms with Gasteiger partial charge in [0.15, 0.2) is 0 Å². The lowest BCUT2D eigenvalue weighted by Crippen LogP contribution is -2.35. The number of thiol groups is 5. The largest absolute Gasteiger partial charge is 0.143 e. The van der Waals surface area contributed by atoms with E-state index in [-0.39, 0.29) is 10.8 Å². The van der Waals surface area contributed by atoms with Crippen LogP contribution in [-0.4, -0.2) is 0 Å². The molecule has 2 unspecified atom stereocenters. The van der Waals surface area contributed by atoms with E-state index in [1.807, 2.05) is 0 Å². The Kier molecular flexibility index (Phi) is 11.2. The van der Waals surface area contributed by atoms with Crippen LogP contribution in [-0.2, 0) is 10.8 Å². The quantitative estimate of drug-likeness (QED) is 0.113. The molecule has 4 aromatic rings. The van der Waals surface area contributed by atoms with Gasteiger partial charge < -0.3 is 0 Å². The molecule has 0 radical (unpaired) electrons. The van der Waals surface area contributed by atoms with E-state index in [1.165, 1.54) is 96.3 Å². The minimum Gasteiger partial charge on any atom is -0.143 e. The summed E-state index contributed by atoms with van der Waals surface area (Å²) in [6, 6.07) is 28.8. The Hall–Kier alpha value is -1.02. The van der Waals surface area contributed by atoms with Gasteiger partial charge in [0.1, 0.15) is 0 Å². The van der Waals surface area contributed by atoms with Crippen LogP contribution in [0.1, 0.15) is 100 Å². The van der Waals surface area contributed by atoms with Crippen molar-refractivity contribution in [2.24, 2.45) is 11.8 Å². The average molecular weight is 719 g/mol. The van der Waals surface area contributed by atoms with E-state index in [9.17, 15) is 0 Å². The van der Waals surface area contributed by atoms with Crippen molar-refractivity contribution in [1.82, 2.24) is 0 Å². The topological polar surface area (TPSA) is 0 Å². The second-order valence-electron chi connectivity index (χ2n) is 13.8. The van der Waals surface area contributed by atoms with E-state index < -0.39 is 0 Å². The number of hydrogen-bond acceptors (Lipinski definition) is 6. The van der Waals surface area contributed by atoms with E-state index in [2.05, 4.69) is 105 Å². The minimum atomic E-state index is -0.175. The maximum absolute atomic E-state index is 5.16. The Morgan fingerprint density at radius 3 is 1.33 bits per heavy atom. The summed E-state index contributed by atoms with van der Waals surface area (Å²) >= 11 is 26.6. The first-order chi connectivity index (χ1) is 22.1. The summed E-state index contributed by atoms with van der Waals surface area (Å²) in [5.74, 6) is 1.11. The molecular formula is C40H46S6. The monoisotopic (exact) mass is 718 g/mol. The fourth-order valence-corrected chi connectivity index (χ4v) is 11.7. The van der Waals surface area contributed by atoms with Crippen molar-refractivity contribution < 1.29 is 0 Å². The summed E-state index contributed by atoms with van der Waals surface area (Å²) in [6.07, 6.45) is 12.8. The molecule has 6 heteroatoms. The fraction of sp³-hybridized carbons (Fsp3) is 0.400. The van der Waals surface area contributed by atoms with E-state index in [0.29, 0.717) is 11.8 Å². The van der Waals surface area contributed by atoms with Gasteiger partial charge in [0.25, 0.3) is 0 Å². The van der Waals surface area contributed by atoms with Crippen molar-refractivity contribution in [2.75, 3.05) is 0 Å². The molecule has 2 saturated carbocycles. The van der Waals surface area contributed by atoms with Crippen molar-refractivity contribution in [3.8, 4) is 0 Å².